The third-order valence-corrected chi connectivity index (χ3v) is 5.42. The molecule has 1 fully saturated rings. The lowest BCUT2D eigenvalue weighted by Gasteiger charge is -2.13. The van der Waals surface area contributed by atoms with Gasteiger partial charge < -0.3 is 0 Å². The van der Waals surface area contributed by atoms with Crippen molar-refractivity contribution in [2.75, 3.05) is 0 Å². The average molecular weight is 276 g/mol. The van der Waals surface area contributed by atoms with Crippen LogP contribution in [0.5, 0.6) is 0 Å². The number of benzene rings is 2. The van der Waals surface area contributed by atoms with Crippen molar-refractivity contribution in [3.63, 3.8) is 0 Å². The van der Waals surface area contributed by atoms with Crippen molar-refractivity contribution >= 4 is 5.78 Å². The molecule has 2 aromatic rings. The number of ketones is 1. The Morgan fingerprint density at radius 1 is 1.05 bits per heavy atom. The van der Waals surface area contributed by atoms with Crippen molar-refractivity contribution in [2.24, 2.45) is 11.8 Å². The summed E-state index contributed by atoms with van der Waals surface area (Å²) in [5.74, 6) is 1.62. The summed E-state index contributed by atoms with van der Waals surface area (Å²) in [5.41, 5.74) is 6.25. The van der Waals surface area contributed by atoms with Crippen molar-refractivity contribution in [1.29, 1.82) is 0 Å². The summed E-state index contributed by atoms with van der Waals surface area (Å²) in [7, 11) is 0. The molecule has 0 bridgehead atoms. The van der Waals surface area contributed by atoms with Crippen LogP contribution >= 0.6 is 0 Å². The zero-order valence-corrected chi connectivity index (χ0v) is 12.6. The number of rotatable bonds is 2. The first-order chi connectivity index (χ1) is 10.2. The minimum absolute atomic E-state index is 0.218. The van der Waals surface area contributed by atoms with Crippen molar-refractivity contribution in [1.82, 2.24) is 0 Å². The summed E-state index contributed by atoms with van der Waals surface area (Å²) in [5, 5.41) is 0. The number of hydrogen-bond donors (Lipinski definition) is 0. The first-order valence-corrected chi connectivity index (χ1v) is 7.86. The molecule has 0 saturated heterocycles. The molecule has 0 aliphatic heterocycles. The van der Waals surface area contributed by atoms with Gasteiger partial charge in [-0.05, 0) is 66.8 Å². The highest BCUT2D eigenvalue weighted by Crippen LogP contribution is 2.60. The highest BCUT2D eigenvalue weighted by Gasteiger charge is 2.56. The molecule has 2 aliphatic rings. The van der Waals surface area contributed by atoms with E-state index in [1.165, 1.54) is 28.7 Å². The number of Topliss-reactive ketones (excluding diaryl/α,β-unsaturated/α-hetero) is 1. The van der Waals surface area contributed by atoms with Crippen LogP contribution < -0.4 is 0 Å². The molecule has 1 heteroatoms. The fraction of sp³-hybridized carbons (Fsp3) is 0.350. The molecule has 4 rings (SSSR count). The smallest absolute Gasteiger partial charge is 0.166 e. The van der Waals surface area contributed by atoms with E-state index in [4.69, 9.17) is 0 Å². The van der Waals surface area contributed by atoms with E-state index in [-0.39, 0.29) is 5.92 Å². The molecule has 0 N–H and O–H groups in total. The third-order valence-electron chi connectivity index (χ3n) is 5.42. The SMILES string of the molecule is Cc1ccc(C(=O)C2C3CCc4ccccc4C32)cc1C. The first kappa shape index (κ1) is 12.8. The van der Waals surface area contributed by atoms with Gasteiger partial charge in [-0.15, -0.1) is 0 Å². The van der Waals surface area contributed by atoms with E-state index in [0.717, 1.165) is 12.0 Å². The van der Waals surface area contributed by atoms with E-state index in [9.17, 15) is 4.79 Å². The monoisotopic (exact) mass is 276 g/mol. The van der Waals surface area contributed by atoms with Gasteiger partial charge in [-0.25, -0.2) is 0 Å². The molecule has 0 aromatic heterocycles. The fourth-order valence-electron chi connectivity index (χ4n) is 4.01. The summed E-state index contributed by atoms with van der Waals surface area (Å²) in [6.07, 6.45) is 2.30. The Morgan fingerprint density at radius 2 is 1.86 bits per heavy atom. The van der Waals surface area contributed by atoms with E-state index in [1.807, 2.05) is 6.07 Å². The van der Waals surface area contributed by atoms with E-state index in [2.05, 4.69) is 50.2 Å². The van der Waals surface area contributed by atoms with Crippen LogP contribution in [0.2, 0.25) is 0 Å². The standard InChI is InChI=1S/C20H20O/c1-12-7-8-15(11-13(12)2)20(21)19-17-10-9-14-5-3-4-6-16(14)18(17)19/h3-8,11,17-19H,9-10H2,1-2H3. The van der Waals surface area contributed by atoms with Gasteiger partial charge in [0.05, 0.1) is 0 Å². The molecule has 0 spiro atoms. The molecule has 0 heterocycles. The quantitative estimate of drug-likeness (QED) is 0.740. The predicted octanol–water partition coefficient (Wildman–Crippen LogP) is 4.46. The maximum Gasteiger partial charge on any atom is 0.166 e. The Labute approximate surface area is 126 Å². The highest BCUT2D eigenvalue weighted by atomic mass is 16.1. The molecule has 0 radical (unpaired) electrons. The minimum atomic E-state index is 0.218. The van der Waals surface area contributed by atoms with Crippen LogP contribution in [0.15, 0.2) is 42.5 Å². The van der Waals surface area contributed by atoms with Gasteiger partial charge in [-0.2, -0.15) is 0 Å². The van der Waals surface area contributed by atoms with Gasteiger partial charge in [-0.1, -0.05) is 36.4 Å². The Bertz CT molecular complexity index is 728. The second-order valence-electron chi connectivity index (χ2n) is 6.62. The molecule has 106 valence electrons. The van der Waals surface area contributed by atoms with Crippen LogP contribution in [0.3, 0.4) is 0 Å². The molecule has 0 amide bonds. The average Bonchev–Trinajstić information content (AvgIpc) is 3.24. The number of fused-ring (bicyclic) bond motifs is 3. The molecular weight excluding hydrogens is 256 g/mol. The van der Waals surface area contributed by atoms with E-state index >= 15 is 0 Å². The van der Waals surface area contributed by atoms with E-state index in [1.54, 1.807) is 0 Å². The molecular formula is C20H20O. The number of carbonyl (C=O) groups is 1. The van der Waals surface area contributed by atoms with Crippen molar-refractivity contribution in [3.8, 4) is 0 Å². The van der Waals surface area contributed by atoms with Crippen LogP contribution in [0, 0.1) is 25.7 Å². The Hall–Kier alpha value is -1.89. The van der Waals surface area contributed by atoms with Crippen molar-refractivity contribution in [2.45, 2.75) is 32.6 Å². The van der Waals surface area contributed by atoms with Gasteiger partial charge >= 0.3 is 0 Å². The largest absolute Gasteiger partial charge is 0.294 e. The van der Waals surface area contributed by atoms with Gasteiger partial charge in [0, 0.05) is 11.5 Å². The number of hydrogen-bond acceptors (Lipinski definition) is 1. The van der Waals surface area contributed by atoms with Gasteiger partial charge in [0.1, 0.15) is 0 Å². The lowest BCUT2D eigenvalue weighted by molar-refractivity contribution is 0.0959. The molecule has 1 nitrogen and oxygen atoms in total. The Balaban J connectivity index is 1.65. The van der Waals surface area contributed by atoms with Crippen molar-refractivity contribution in [3.05, 3.63) is 70.3 Å². The second-order valence-corrected chi connectivity index (χ2v) is 6.62. The normalized spacial score (nSPS) is 25.9. The lowest BCUT2D eigenvalue weighted by atomic mass is 9.92. The topological polar surface area (TPSA) is 17.1 Å². The van der Waals surface area contributed by atoms with Gasteiger partial charge in [0.15, 0.2) is 5.78 Å². The van der Waals surface area contributed by atoms with Gasteiger partial charge in [-0.3, -0.25) is 4.79 Å². The Morgan fingerprint density at radius 3 is 2.67 bits per heavy atom. The van der Waals surface area contributed by atoms with Crippen LogP contribution in [-0.4, -0.2) is 5.78 Å². The van der Waals surface area contributed by atoms with Gasteiger partial charge in [0.25, 0.3) is 0 Å². The maximum absolute atomic E-state index is 12.8. The first-order valence-electron chi connectivity index (χ1n) is 7.86. The lowest BCUT2D eigenvalue weighted by Crippen LogP contribution is -2.04. The van der Waals surface area contributed by atoms with Crippen LogP contribution in [0.1, 0.15) is 45.0 Å². The summed E-state index contributed by atoms with van der Waals surface area (Å²) in [4.78, 5) is 12.8. The molecule has 21 heavy (non-hydrogen) atoms. The van der Waals surface area contributed by atoms with Crippen LogP contribution in [0.4, 0.5) is 0 Å². The van der Waals surface area contributed by atoms with Crippen LogP contribution in [0.25, 0.3) is 0 Å². The highest BCUT2D eigenvalue weighted by molar-refractivity contribution is 6.01. The molecule has 2 aromatic carbocycles. The third kappa shape index (κ3) is 1.95. The summed E-state index contributed by atoms with van der Waals surface area (Å²) in [6, 6.07) is 14.8. The van der Waals surface area contributed by atoms with Crippen molar-refractivity contribution < 1.29 is 4.79 Å². The summed E-state index contributed by atoms with van der Waals surface area (Å²) in [6.45, 7) is 4.18. The van der Waals surface area contributed by atoms with Crippen LogP contribution in [-0.2, 0) is 6.42 Å². The Kier molecular flexibility index (Phi) is 2.78. The predicted molar refractivity (Wildman–Crippen MR) is 84.7 cm³/mol. The zero-order valence-electron chi connectivity index (χ0n) is 12.6. The zero-order chi connectivity index (χ0) is 14.6. The maximum atomic E-state index is 12.8. The number of carbonyl (C=O) groups excluding carboxylic acids is 1. The number of aryl methyl sites for hydroxylation is 3. The van der Waals surface area contributed by atoms with Gasteiger partial charge in [0.2, 0.25) is 0 Å². The second kappa shape index (κ2) is 4.56. The summed E-state index contributed by atoms with van der Waals surface area (Å²) < 4.78 is 0. The molecule has 3 atom stereocenters. The molecule has 2 aliphatic carbocycles. The van der Waals surface area contributed by atoms with E-state index in [0.29, 0.717) is 17.6 Å². The van der Waals surface area contributed by atoms with E-state index < -0.39 is 0 Å². The minimum Gasteiger partial charge on any atom is -0.294 e. The fourth-order valence-corrected chi connectivity index (χ4v) is 4.01. The molecule has 1 saturated carbocycles. The summed E-state index contributed by atoms with van der Waals surface area (Å²) >= 11 is 0. The molecule has 3 unspecified atom stereocenters.